The molecule has 0 aliphatic heterocycles. The summed E-state index contributed by atoms with van der Waals surface area (Å²) < 4.78 is 31.5. The van der Waals surface area contributed by atoms with Crippen LogP contribution in [0.2, 0.25) is 0 Å². The van der Waals surface area contributed by atoms with Gasteiger partial charge in [-0.25, -0.2) is 0 Å². The molecule has 0 amide bonds. The molecule has 0 unspecified atom stereocenters. The minimum atomic E-state index is -4.10. The fourth-order valence-corrected chi connectivity index (χ4v) is 3.61. The van der Waals surface area contributed by atoms with Gasteiger partial charge < -0.3 is 10.5 Å². The van der Waals surface area contributed by atoms with Crippen molar-refractivity contribution in [3.8, 4) is 17.0 Å². The summed E-state index contributed by atoms with van der Waals surface area (Å²) in [5.74, 6) is 0.425. The molecule has 3 aromatic rings. The monoisotopic (exact) mass is 374 g/mol. The van der Waals surface area contributed by atoms with Gasteiger partial charge in [0.1, 0.15) is 11.6 Å². The lowest BCUT2D eigenvalue weighted by Crippen LogP contribution is -2.16. The molecule has 0 aliphatic rings. The lowest BCUT2D eigenvalue weighted by Gasteiger charge is -2.06. The Morgan fingerprint density at radius 3 is 2.42 bits per heavy atom. The third kappa shape index (κ3) is 2.97. The van der Waals surface area contributed by atoms with E-state index in [0.717, 1.165) is 24.3 Å². The first-order valence-electron chi connectivity index (χ1n) is 7.33. The summed E-state index contributed by atoms with van der Waals surface area (Å²) >= 11 is 0. The van der Waals surface area contributed by atoms with Crippen molar-refractivity contribution >= 4 is 21.5 Å². The fraction of sp³-hybridized carbons (Fsp3) is 0.0625. The van der Waals surface area contributed by atoms with Crippen LogP contribution in [0.15, 0.2) is 59.5 Å². The topological polar surface area (TPSA) is 130 Å². The van der Waals surface area contributed by atoms with E-state index >= 15 is 0 Å². The van der Waals surface area contributed by atoms with Gasteiger partial charge in [0.2, 0.25) is 0 Å². The zero-order valence-electron chi connectivity index (χ0n) is 13.6. The Morgan fingerprint density at radius 1 is 1.15 bits per heavy atom. The lowest BCUT2D eigenvalue weighted by atomic mass is 10.1. The second kappa shape index (κ2) is 6.48. The Bertz CT molecular complexity index is 1070. The van der Waals surface area contributed by atoms with Crippen LogP contribution >= 0.6 is 0 Å². The zero-order valence-corrected chi connectivity index (χ0v) is 14.4. The van der Waals surface area contributed by atoms with E-state index in [1.807, 2.05) is 0 Å². The molecule has 10 heteroatoms. The summed E-state index contributed by atoms with van der Waals surface area (Å²) in [6.07, 6.45) is 0. The van der Waals surface area contributed by atoms with Crippen LogP contribution in [0.3, 0.4) is 0 Å². The number of nitrogen functional groups attached to an aromatic ring is 1. The minimum Gasteiger partial charge on any atom is -0.496 e. The molecular formula is C16H14N4O5S. The average Bonchev–Trinajstić information content (AvgIpc) is 3.04. The molecule has 3 rings (SSSR count). The molecule has 0 radical (unpaired) electrons. The number of rotatable bonds is 5. The maximum absolute atomic E-state index is 12.8. The molecule has 134 valence electrons. The Hall–Kier alpha value is -3.40. The number of ether oxygens (including phenoxy) is 1. The quantitative estimate of drug-likeness (QED) is 0.535. The van der Waals surface area contributed by atoms with Gasteiger partial charge in [0.05, 0.1) is 22.6 Å². The molecule has 0 fully saturated rings. The van der Waals surface area contributed by atoms with Gasteiger partial charge >= 0.3 is 0 Å². The van der Waals surface area contributed by atoms with Gasteiger partial charge in [0.15, 0.2) is 0 Å². The predicted molar refractivity (Wildman–Crippen MR) is 94.3 cm³/mol. The normalized spacial score (nSPS) is 11.3. The first-order chi connectivity index (χ1) is 12.3. The van der Waals surface area contributed by atoms with E-state index in [1.165, 1.54) is 13.2 Å². The van der Waals surface area contributed by atoms with E-state index in [1.54, 1.807) is 24.3 Å². The molecule has 0 bridgehead atoms. The molecule has 2 N–H and O–H groups in total. The van der Waals surface area contributed by atoms with E-state index in [9.17, 15) is 18.5 Å². The smallest absolute Gasteiger partial charge is 0.284 e. The number of anilines is 1. The van der Waals surface area contributed by atoms with Crippen LogP contribution < -0.4 is 10.5 Å². The molecule has 0 saturated carbocycles. The Balaban J connectivity index is 2.06. The number of nitrogens with two attached hydrogens (primary N) is 1. The molecule has 1 heterocycles. The molecule has 1 aromatic heterocycles. The van der Waals surface area contributed by atoms with Crippen molar-refractivity contribution in [2.45, 2.75) is 4.90 Å². The second-order valence-electron chi connectivity index (χ2n) is 5.25. The van der Waals surface area contributed by atoms with Gasteiger partial charge in [-0.3, -0.25) is 10.1 Å². The van der Waals surface area contributed by atoms with Crippen molar-refractivity contribution in [1.29, 1.82) is 0 Å². The highest BCUT2D eigenvalue weighted by atomic mass is 32.2. The van der Waals surface area contributed by atoms with E-state index in [-0.39, 0.29) is 16.4 Å². The van der Waals surface area contributed by atoms with Crippen LogP contribution in [0.25, 0.3) is 11.3 Å². The van der Waals surface area contributed by atoms with Crippen molar-refractivity contribution in [3.63, 3.8) is 0 Å². The number of nitrogens with zero attached hydrogens (tertiary/aromatic N) is 3. The minimum absolute atomic E-state index is 0.0933. The van der Waals surface area contributed by atoms with E-state index in [2.05, 4.69) is 5.10 Å². The van der Waals surface area contributed by atoms with Crippen LogP contribution in [0.1, 0.15) is 0 Å². The van der Waals surface area contributed by atoms with Gasteiger partial charge in [-0.2, -0.15) is 13.5 Å². The Morgan fingerprint density at radius 2 is 1.81 bits per heavy atom. The van der Waals surface area contributed by atoms with E-state index in [4.69, 9.17) is 10.5 Å². The van der Waals surface area contributed by atoms with Crippen molar-refractivity contribution < 1.29 is 18.1 Å². The molecule has 0 atom stereocenters. The third-order valence-corrected chi connectivity index (χ3v) is 5.28. The first kappa shape index (κ1) is 17.4. The standard InChI is InChI=1S/C16H14N4O5S/c1-25-15-5-3-2-4-13(15)14-10-16(17)19(18-14)26(23,24)12-8-6-11(7-9-12)20(21)22/h2-10H,17H2,1H3. The number of hydrogen-bond acceptors (Lipinski definition) is 7. The van der Waals surface area contributed by atoms with E-state index < -0.39 is 14.9 Å². The van der Waals surface area contributed by atoms with E-state index in [0.29, 0.717) is 21.1 Å². The molecule has 0 saturated heterocycles. The molecule has 26 heavy (non-hydrogen) atoms. The van der Waals surface area contributed by atoms with Crippen molar-refractivity contribution in [1.82, 2.24) is 9.19 Å². The van der Waals surface area contributed by atoms with Crippen LogP contribution in [-0.2, 0) is 10.0 Å². The number of nitro benzene ring substituents is 1. The SMILES string of the molecule is COc1ccccc1-c1cc(N)n(S(=O)(=O)c2ccc([N+](=O)[O-])cc2)n1. The number of hydrogen-bond donors (Lipinski definition) is 1. The lowest BCUT2D eigenvalue weighted by molar-refractivity contribution is -0.384. The maximum atomic E-state index is 12.8. The molecule has 2 aromatic carbocycles. The summed E-state index contributed by atoms with van der Waals surface area (Å²) in [6, 6.07) is 12.9. The molecule has 0 spiro atoms. The number of methoxy groups -OCH3 is 1. The van der Waals surface area contributed by atoms with Gasteiger partial charge in [-0.05, 0) is 24.3 Å². The van der Waals surface area contributed by atoms with Gasteiger partial charge in [-0.1, -0.05) is 12.1 Å². The second-order valence-corrected chi connectivity index (χ2v) is 7.02. The van der Waals surface area contributed by atoms with Gasteiger partial charge in [0.25, 0.3) is 15.7 Å². The first-order valence-corrected chi connectivity index (χ1v) is 8.77. The van der Waals surface area contributed by atoms with Crippen LogP contribution in [0.5, 0.6) is 5.75 Å². The van der Waals surface area contributed by atoms with Gasteiger partial charge in [-0.15, -0.1) is 4.09 Å². The summed E-state index contributed by atoms with van der Waals surface area (Å²) in [6.45, 7) is 0. The summed E-state index contributed by atoms with van der Waals surface area (Å²) in [4.78, 5) is 9.94. The van der Waals surface area contributed by atoms with Crippen molar-refractivity contribution in [3.05, 3.63) is 64.7 Å². The average molecular weight is 374 g/mol. The van der Waals surface area contributed by atoms with Gasteiger partial charge in [0, 0.05) is 23.8 Å². The highest BCUT2D eigenvalue weighted by Crippen LogP contribution is 2.31. The third-order valence-electron chi connectivity index (χ3n) is 3.66. The Labute approximate surface area is 148 Å². The molecule has 9 nitrogen and oxygen atoms in total. The van der Waals surface area contributed by atoms with Crippen LogP contribution in [-0.4, -0.2) is 29.6 Å². The van der Waals surface area contributed by atoms with Crippen LogP contribution in [0, 0.1) is 10.1 Å². The fourth-order valence-electron chi connectivity index (χ4n) is 2.40. The molecule has 0 aliphatic carbocycles. The Kier molecular flexibility index (Phi) is 4.34. The summed E-state index contributed by atoms with van der Waals surface area (Å²) in [5, 5.41) is 14.8. The largest absolute Gasteiger partial charge is 0.496 e. The summed E-state index contributed by atoms with van der Waals surface area (Å²) in [5.41, 5.74) is 6.54. The number of non-ortho nitro benzene ring substituents is 1. The van der Waals surface area contributed by atoms with Crippen molar-refractivity contribution in [2.24, 2.45) is 0 Å². The highest BCUT2D eigenvalue weighted by molar-refractivity contribution is 7.90. The maximum Gasteiger partial charge on any atom is 0.284 e. The number of nitro groups is 1. The number of para-hydroxylation sites is 1. The summed E-state index contributed by atoms with van der Waals surface area (Å²) in [7, 11) is -2.61. The number of benzene rings is 2. The predicted octanol–water partition coefficient (Wildman–Crippen LogP) is 2.29. The number of aromatic nitrogens is 2. The highest BCUT2D eigenvalue weighted by Gasteiger charge is 2.23. The van der Waals surface area contributed by atoms with Crippen molar-refractivity contribution in [2.75, 3.05) is 12.8 Å². The van der Waals surface area contributed by atoms with Crippen LogP contribution in [0.4, 0.5) is 11.5 Å². The molecular weight excluding hydrogens is 360 g/mol. The zero-order chi connectivity index (χ0) is 18.9.